The van der Waals surface area contributed by atoms with Gasteiger partial charge in [-0.2, -0.15) is 0 Å². The molecule has 2 N–H and O–H groups in total. The van der Waals surface area contributed by atoms with Crippen molar-refractivity contribution in [2.75, 3.05) is 0 Å². The van der Waals surface area contributed by atoms with Crippen LogP contribution in [0.1, 0.15) is 36.5 Å². The summed E-state index contributed by atoms with van der Waals surface area (Å²) in [4.78, 5) is 4.26. The Bertz CT molecular complexity index is 547. The molecule has 0 aliphatic carbocycles. The Morgan fingerprint density at radius 1 is 1.21 bits per heavy atom. The number of aryl methyl sites for hydroxylation is 1. The molecule has 0 atom stereocenters. The Morgan fingerprint density at radius 2 is 2.00 bits per heavy atom. The van der Waals surface area contributed by atoms with E-state index in [0.717, 1.165) is 16.9 Å². The first-order valence-corrected chi connectivity index (χ1v) is 6.53. The number of aromatic nitrogens is 1. The number of hydrogen-bond acceptors (Lipinski definition) is 3. The fraction of sp³-hybridized carbons (Fsp3) is 0.312. The van der Waals surface area contributed by atoms with Gasteiger partial charge in [-0.3, -0.25) is 0 Å². The Morgan fingerprint density at radius 3 is 2.58 bits per heavy atom. The minimum atomic E-state index is 0.482. The van der Waals surface area contributed by atoms with E-state index in [1.54, 1.807) is 6.20 Å². The van der Waals surface area contributed by atoms with Crippen molar-refractivity contribution in [2.45, 2.75) is 33.2 Å². The molecule has 19 heavy (non-hydrogen) atoms. The summed E-state index contributed by atoms with van der Waals surface area (Å²) in [5, 5.41) is 0. The molecule has 0 saturated heterocycles. The number of benzene rings is 1. The van der Waals surface area contributed by atoms with E-state index in [0.29, 0.717) is 18.3 Å². The molecule has 0 radical (unpaired) electrons. The molecule has 0 amide bonds. The van der Waals surface area contributed by atoms with Crippen molar-refractivity contribution in [1.82, 2.24) is 4.98 Å². The first kappa shape index (κ1) is 13.6. The zero-order valence-electron chi connectivity index (χ0n) is 11.7. The molecule has 1 aromatic heterocycles. The summed E-state index contributed by atoms with van der Waals surface area (Å²) in [6.45, 7) is 6.87. The molecule has 0 fully saturated rings. The molecule has 0 aliphatic rings. The first-order valence-electron chi connectivity index (χ1n) is 6.53. The maximum atomic E-state index is 5.85. The molecule has 0 aliphatic heterocycles. The molecular formula is C16H20N2O. The fourth-order valence-corrected chi connectivity index (χ4v) is 1.79. The van der Waals surface area contributed by atoms with Crippen LogP contribution in [0.5, 0.6) is 11.6 Å². The van der Waals surface area contributed by atoms with Crippen LogP contribution in [0.4, 0.5) is 0 Å². The second-order valence-electron chi connectivity index (χ2n) is 4.99. The van der Waals surface area contributed by atoms with Crippen LogP contribution in [0.3, 0.4) is 0 Å². The van der Waals surface area contributed by atoms with Gasteiger partial charge < -0.3 is 10.5 Å². The minimum absolute atomic E-state index is 0.482. The van der Waals surface area contributed by atoms with E-state index in [1.807, 2.05) is 19.1 Å². The van der Waals surface area contributed by atoms with E-state index in [-0.39, 0.29) is 0 Å². The molecule has 3 nitrogen and oxygen atoms in total. The average Bonchev–Trinajstić information content (AvgIpc) is 2.42. The Labute approximate surface area is 114 Å². The molecule has 0 spiro atoms. The highest BCUT2D eigenvalue weighted by molar-refractivity contribution is 5.39. The number of rotatable bonds is 4. The van der Waals surface area contributed by atoms with Crippen molar-refractivity contribution >= 4 is 0 Å². The molecule has 3 heteroatoms. The summed E-state index contributed by atoms with van der Waals surface area (Å²) < 4.78 is 5.85. The first-order chi connectivity index (χ1) is 9.10. The summed E-state index contributed by atoms with van der Waals surface area (Å²) in [5.74, 6) is 1.94. The van der Waals surface area contributed by atoms with Gasteiger partial charge in [-0.05, 0) is 35.6 Å². The maximum Gasteiger partial charge on any atom is 0.219 e. The predicted molar refractivity (Wildman–Crippen MR) is 77.5 cm³/mol. The van der Waals surface area contributed by atoms with Gasteiger partial charge in [0.05, 0.1) is 0 Å². The standard InChI is InChI=1S/C16H20N2O/c1-11(2)14-6-4-12(3)15(8-14)19-16-7-5-13(9-17)10-18-16/h4-8,10-11H,9,17H2,1-3H3. The number of ether oxygens (including phenoxy) is 1. The van der Waals surface area contributed by atoms with Crippen LogP contribution in [0.15, 0.2) is 36.5 Å². The third kappa shape index (κ3) is 3.32. The monoisotopic (exact) mass is 256 g/mol. The predicted octanol–water partition coefficient (Wildman–Crippen LogP) is 3.76. The Hall–Kier alpha value is -1.87. The third-order valence-electron chi connectivity index (χ3n) is 3.13. The van der Waals surface area contributed by atoms with Gasteiger partial charge in [0.1, 0.15) is 5.75 Å². The molecule has 2 rings (SSSR count). The molecule has 0 saturated carbocycles. The molecule has 0 bridgehead atoms. The lowest BCUT2D eigenvalue weighted by atomic mass is 10.0. The number of hydrogen-bond donors (Lipinski definition) is 1. The van der Waals surface area contributed by atoms with Crippen LogP contribution in [-0.2, 0) is 6.54 Å². The van der Waals surface area contributed by atoms with Gasteiger partial charge >= 0.3 is 0 Å². The number of nitrogens with zero attached hydrogens (tertiary/aromatic N) is 1. The van der Waals surface area contributed by atoms with Crippen LogP contribution in [0, 0.1) is 6.92 Å². The average molecular weight is 256 g/mol. The summed E-state index contributed by atoms with van der Waals surface area (Å²) in [6, 6.07) is 10.1. The van der Waals surface area contributed by atoms with Gasteiger partial charge in [-0.1, -0.05) is 32.0 Å². The van der Waals surface area contributed by atoms with Crippen LogP contribution in [-0.4, -0.2) is 4.98 Å². The van der Waals surface area contributed by atoms with Crippen LogP contribution >= 0.6 is 0 Å². The van der Waals surface area contributed by atoms with E-state index >= 15 is 0 Å². The summed E-state index contributed by atoms with van der Waals surface area (Å²) in [5.41, 5.74) is 8.92. The van der Waals surface area contributed by atoms with Crippen molar-refractivity contribution in [1.29, 1.82) is 0 Å². The van der Waals surface area contributed by atoms with E-state index in [1.165, 1.54) is 5.56 Å². The van der Waals surface area contributed by atoms with E-state index in [2.05, 4.69) is 37.0 Å². The van der Waals surface area contributed by atoms with Gasteiger partial charge in [-0.15, -0.1) is 0 Å². The topological polar surface area (TPSA) is 48.1 Å². The lowest BCUT2D eigenvalue weighted by molar-refractivity contribution is 0.458. The molecule has 1 aromatic carbocycles. The lowest BCUT2D eigenvalue weighted by Crippen LogP contribution is -1.98. The molecule has 2 aromatic rings. The van der Waals surface area contributed by atoms with Crippen LogP contribution < -0.4 is 10.5 Å². The lowest BCUT2D eigenvalue weighted by Gasteiger charge is -2.12. The third-order valence-corrected chi connectivity index (χ3v) is 3.13. The highest BCUT2D eigenvalue weighted by Gasteiger charge is 2.06. The highest BCUT2D eigenvalue weighted by atomic mass is 16.5. The van der Waals surface area contributed by atoms with Crippen molar-refractivity contribution in [3.8, 4) is 11.6 Å². The van der Waals surface area contributed by atoms with Crippen molar-refractivity contribution in [2.24, 2.45) is 5.73 Å². The SMILES string of the molecule is Cc1ccc(C(C)C)cc1Oc1ccc(CN)cn1. The summed E-state index contributed by atoms with van der Waals surface area (Å²) in [6.07, 6.45) is 1.75. The smallest absolute Gasteiger partial charge is 0.219 e. The van der Waals surface area contributed by atoms with Crippen molar-refractivity contribution < 1.29 is 4.74 Å². The quantitative estimate of drug-likeness (QED) is 0.906. The minimum Gasteiger partial charge on any atom is -0.439 e. The van der Waals surface area contributed by atoms with Crippen LogP contribution in [0.2, 0.25) is 0 Å². The van der Waals surface area contributed by atoms with Crippen molar-refractivity contribution in [3.05, 3.63) is 53.2 Å². The fourth-order valence-electron chi connectivity index (χ4n) is 1.79. The maximum absolute atomic E-state index is 5.85. The van der Waals surface area contributed by atoms with Gasteiger partial charge in [0.15, 0.2) is 0 Å². The zero-order valence-corrected chi connectivity index (χ0v) is 11.7. The number of nitrogens with two attached hydrogens (primary N) is 1. The highest BCUT2D eigenvalue weighted by Crippen LogP contribution is 2.27. The molecule has 100 valence electrons. The van der Waals surface area contributed by atoms with E-state index in [9.17, 15) is 0 Å². The normalized spacial score (nSPS) is 10.8. The van der Waals surface area contributed by atoms with Gasteiger partial charge in [0.2, 0.25) is 5.88 Å². The molecule has 0 unspecified atom stereocenters. The largest absolute Gasteiger partial charge is 0.439 e. The summed E-state index contributed by atoms with van der Waals surface area (Å²) >= 11 is 0. The second-order valence-corrected chi connectivity index (χ2v) is 4.99. The number of pyridine rings is 1. The Kier molecular flexibility index (Phi) is 4.17. The van der Waals surface area contributed by atoms with E-state index in [4.69, 9.17) is 10.5 Å². The second kappa shape index (κ2) is 5.85. The van der Waals surface area contributed by atoms with Crippen LogP contribution in [0.25, 0.3) is 0 Å². The van der Waals surface area contributed by atoms with Gasteiger partial charge in [-0.25, -0.2) is 4.98 Å². The molecular weight excluding hydrogens is 236 g/mol. The van der Waals surface area contributed by atoms with Gasteiger partial charge in [0.25, 0.3) is 0 Å². The van der Waals surface area contributed by atoms with Gasteiger partial charge in [0, 0.05) is 18.8 Å². The summed E-state index contributed by atoms with van der Waals surface area (Å²) in [7, 11) is 0. The van der Waals surface area contributed by atoms with E-state index < -0.39 is 0 Å². The Balaban J connectivity index is 2.23. The van der Waals surface area contributed by atoms with Crippen molar-refractivity contribution in [3.63, 3.8) is 0 Å². The zero-order chi connectivity index (χ0) is 13.8. The molecule has 1 heterocycles.